The van der Waals surface area contributed by atoms with E-state index >= 15 is 0 Å². The van der Waals surface area contributed by atoms with E-state index in [1.807, 2.05) is 63.2 Å². The van der Waals surface area contributed by atoms with E-state index in [-0.39, 0.29) is 30.0 Å². The molecule has 0 fully saturated rings. The topological polar surface area (TPSA) is 93.1 Å². The van der Waals surface area contributed by atoms with Crippen LogP contribution in [0.4, 0.5) is 11.4 Å². The molecule has 3 aromatic rings. The molecule has 2 N–H and O–H groups in total. The van der Waals surface area contributed by atoms with Gasteiger partial charge in [-0.25, -0.2) is 4.68 Å². The Morgan fingerprint density at radius 1 is 0.906 bits per heavy atom. The third-order valence-corrected chi connectivity index (χ3v) is 5.05. The Morgan fingerprint density at radius 2 is 1.56 bits per heavy atom. The minimum atomic E-state index is -0.536. The molecular formula is C25H28N4O3. The van der Waals surface area contributed by atoms with Gasteiger partial charge >= 0.3 is 0 Å². The predicted octanol–water partition coefficient (Wildman–Crippen LogP) is 4.07. The van der Waals surface area contributed by atoms with Crippen molar-refractivity contribution in [2.75, 3.05) is 10.6 Å². The molecule has 0 bridgehead atoms. The Kier molecular flexibility index (Phi) is 6.88. The summed E-state index contributed by atoms with van der Waals surface area (Å²) < 4.78 is 1.09. The molecule has 0 aliphatic rings. The highest BCUT2D eigenvalue weighted by Crippen LogP contribution is 2.20. The van der Waals surface area contributed by atoms with Crippen molar-refractivity contribution in [2.45, 2.75) is 41.2 Å². The Bertz CT molecular complexity index is 1210. The van der Waals surface area contributed by atoms with Crippen LogP contribution in [0.15, 0.2) is 53.3 Å². The minimum absolute atomic E-state index is 0.0913. The molecule has 0 saturated heterocycles. The Labute approximate surface area is 187 Å². The zero-order chi connectivity index (χ0) is 23.4. The van der Waals surface area contributed by atoms with Gasteiger partial charge in [0.1, 0.15) is 12.2 Å². The number of hydrogen-bond donors (Lipinski definition) is 2. The molecule has 7 nitrogen and oxygen atoms in total. The van der Waals surface area contributed by atoms with Crippen LogP contribution in [0.3, 0.4) is 0 Å². The first-order valence-electron chi connectivity index (χ1n) is 10.5. The van der Waals surface area contributed by atoms with Gasteiger partial charge in [-0.15, -0.1) is 0 Å². The van der Waals surface area contributed by atoms with Crippen LogP contribution in [-0.2, 0) is 16.1 Å². The lowest BCUT2D eigenvalue weighted by atomic mass is 10.1. The van der Waals surface area contributed by atoms with Gasteiger partial charge < -0.3 is 10.6 Å². The van der Waals surface area contributed by atoms with Crippen LogP contribution in [0.25, 0.3) is 11.3 Å². The van der Waals surface area contributed by atoms with Gasteiger partial charge in [-0.05, 0) is 38.5 Å². The van der Waals surface area contributed by atoms with Crippen molar-refractivity contribution in [2.24, 2.45) is 5.92 Å². The maximum absolute atomic E-state index is 13.0. The molecule has 3 rings (SSSR count). The summed E-state index contributed by atoms with van der Waals surface area (Å²) in [4.78, 5) is 37.9. The van der Waals surface area contributed by atoms with Crippen molar-refractivity contribution < 1.29 is 9.59 Å². The van der Waals surface area contributed by atoms with E-state index in [0.717, 1.165) is 26.9 Å². The zero-order valence-electron chi connectivity index (χ0n) is 19.0. The summed E-state index contributed by atoms with van der Waals surface area (Å²) in [6.07, 6.45) is 0. The van der Waals surface area contributed by atoms with Crippen LogP contribution in [0.2, 0.25) is 0 Å². The molecule has 32 heavy (non-hydrogen) atoms. The van der Waals surface area contributed by atoms with Gasteiger partial charge in [0.15, 0.2) is 0 Å². The van der Waals surface area contributed by atoms with Crippen molar-refractivity contribution in [3.63, 3.8) is 0 Å². The first kappa shape index (κ1) is 22.9. The molecule has 2 amide bonds. The predicted molar refractivity (Wildman–Crippen MR) is 127 cm³/mol. The lowest BCUT2D eigenvalue weighted by Crippen LogP contribution is -2.33. The number of aromatic nitrogens is 2. The third kappa shape index (κ3) is 5.49. The lowest BCUT2D eigenvalue weighted by molar-refractivity contribution is -0.119. The van der Waals surface area contributed by atoms with Crippen LogP contribution < -0.4 is 16.2 Å². The van der Waals surface area contributed by atoms with E-state index in [1.54, 1.807) is 19.9 Å². The highest BCUT2D eigenvalue weighted by Gasteiger charge is 2.16. The molecule has 2 aromatic carbocycles. The molecule has 0 aliphatic carbocycles. The number of anilines is 2. The summed E-state index contributed by atoms with van der Waals surface area (Å²) >= 11 is 0. The van der Waals surface area contributed by atoms with Gasteiger partial charge in [0.2, 0.25) is 11.8 Å². The van der Waals surface area contributed by atoms with Gasteiger partial charge in [0.05, 0.1) is 5.69 Å². The normalized spacial score (nSPS) is 10.8. The first-order valence-corrected chi connectivity index (χ1v) is 10.5. The molecular weight excluding hydrogens is 404 g/mol. The largest absolute Gasteiger partial charge is 0.324 e. The lowest BCUT2D eigenvalue weighted by Gasteiger charge is -2.14. The first-order chi connectivity index (χ1) is 15.1. The highest BCUT2D eigenvalue weighted by molar-refractivity contribution is 5.93. The summed E-state index contributed by atoms with van der Waals surface area (Å²) in [5.41, 5.74) is 4.60. The quantitative estimate of drug-likeness (QED) is 0.614. The molecule has 166 valence electrons. The van der Waals surface area contributed by atoms with Gasteiger partial charge in [-0.3, -0.25) is 14.4 Å². The fourth-order valence-electron chi connectivity index (χ4n) is 3.16. The van der Waals surface area contributed by atoms with Crippen LogP contribution in [0, 0.1) is 26.7 Å². The van der Waals surface area contributed by atoms with Gasteiger partial charge in [-0.2, -0.15) is 5.10 Å². The molecule has 1 aromatic heterocycles. The van der Waals surface area contributed by atoms with Crippen molar-refractivity contribution in [1.29, 1.82) is 0 Å². The van der Waals surface area contributed by atoms with Gasteiger partial charge in [0, 0.05) is 17.2 Å². The molecule has 0 aliphatic heterocycles. The van der Waals surface area contributed by atoms with E-state index in [4.69, 9.17) is 0 Å². The minimum Gasteiger partial charge on any atom is -0.324 e. The molecule has 0 spiro atoms. The van der Waals surface area contributed by atoms with E-state index in [1.165, 1.54) is 0 Å². The van der Waals surface area contributed by atoms with Crippen molar-refractivity contribution in [1.82, 2.24) is 9.78 Å². The Hall–Kier alpha value is -3.74. The maximum atomic E-state index is 13.0. The maximum Gasteiger partial charge on any atom is 0.291 e. The van der Waals surface area contributed by atoms with E-state index in [2.05, 4.69) is 15.7 Å². The van der Waals surface area contributed by atoms with Crippen molar-refractivity contribution >= 4 is 23.2 Å². The number of nitrogens with zero attached hydrogens (tertiary/aromatic N) is 2. The third-order valence-electron chi connectivity index (χ3n) is 5.05. The number of carbonyl (C=O) groups excluding carboxylic acids is 2. The zero-order valence-corrected chi connectivity index (χ0v) is 19.0. The summed E-state index contributed by atoms with van der Waals surface area (Å²) in [5, 5.41) is 9.89. The monoisotopic (exact) mass is 432 g/mol. The van der Waals surface area contributed by atoms with Crippen LogP contribution in [-0.4, -0.2) is 21.6 Å². The van der Waals surface area contributed by atoms with E-state index in [0.29, 0.717) is 11.4 Å². The Morgan fingerprint density at radius 3 is 2.19 bits per heavy atom. The molecule has 1 heterocycles. The molecule has 0 radical (unpaired) electrons. The number of amides is 2. The number of carbonyl (C=O) groups is 2. The summed E-state index contributed by atoms with van der Waals surface area (Å²) in [7, 11) is 0. The van der Waals surface area contributed by atoms with E-state index < -0.39 is 5.56 Å². The molecule has 0 unspecified atom stereocenters. The fraction of sp³-hybridized carbons (Fsp3) is 0.280. The Balaban J connectivity index is 1.96. The van der Waals surface area contributed by atoms with Crippen LogP contribution in [0.1, 0.15) is 30.5 Å². The van der Waals surface area contributed by atoms with E-state index in [9.17, 15) is 14.4 Å². The van der Waals surface area contributed by atoms with Crippen LogP contribution in [0.5, 0.6) is 0 Å². The van der Waals surface area contributed by atoms with Crippen molar-refractivity contribution in [3.05, 3.63) is 75.6 Å². The van der Waals surface area contributed by atoms with Crippen LogP contribution >= 0.6 is 0 Å². The second-order valence-corrected chi connectivity index (χ2v) is 8.28. The average Bonchev–Trinajstić information content (AvgIpc) is 2.73. The second-order valence-electron chi connectivity index (χ2n) is 8.28. The smallest absolute Gasteiger partial charge is 0.291 e. The standard InChI is InChI=1S/C25H28N4O3/c1-15(2)24(31)27-22-13-21(19-9-6-16(3)7-10-19)28-29(25(22)32)14-23(30)26-20-11-8-17(4)12-18(20)5/h6-13,15H,14H2,1-5H3,(H,26,30)(H,27,31). The number of aryl methyl sites for hydroxylation is 3. The number of nitrogens with one attached hydrogen (secondary N) is 2. The number of benzene rings is 2. The summed E-state index contributed by atoms with van der Waals surface area (Å²) in [5.74, 6) is -0.963. The SMILES string of the molecule is Cc1ccc(-c2cc(NC(=O)C(C)C)c(=O)n(CC(=O)Nc3ccc(C)cc3C)n2)cc1. The number of rotatable bonds is 6. The number of hydrogen-bond acceptors (Lipinski definition) is 4. The highest BCUT2D eigenvalue weighted by atomic mass is 16.2. The molecule has 7 heteroatoms. The van der Waals surface area contributed by atoms with Crippen molar-refractivity contribution in [3.8, 4) is 11.3 Å². The second kappa shape index (κ2) is 9.60. The fourth-order valence-corrected chi connectivity index (χ4v) is 3.16. The van der Waals surface area contributed by atoms with Gasteiger partial charge in [-0.1, -0.05) is 61.4 Å². The van der Waals surface area contributed by atoms with Gasteiger partial charge in [0.25, 0.3) is 5.56 Å². The molecule has 0 saturated carbocycles. The summed E-state index contributed by atoms with van der Waals surface area (Å²) in [6.45, 7) is 9.07. The molecule has 0 atom stereocenters. The summed E-state index contributed by atoms with van der Waals surface area (Å²) in [6, 6.07) is 14.9. The average molecular weight is 433 g/mol.